The third-order valence-corrected chi connectivity index (χ3v) is 6.54. The van der Waals surface area contributed by atoms with Crippen LogP contribution in [0, 0.1) is 11.6 Å². The van der Waals surface area contributed by atoms with E-state index < -0.39 is 35.2 Å². The van der Waals surface area contributed by atoms with Crippen LogP contribution in [0.1, 0.15) is 24.1 Å². The van der Waals surface area contributed by atoms with Crippen LogP contribution in [0.2, 0.25) is 0 Å². The average molecular weight is 499 g/mol. The van der Waals surface area contributed by atoms with Gasteiger partial charge in [-0.15, -0.1) is 11.3 Å². The lowest BCUT2D eigenvalue weighted by Crippen LogP contribution is -2.43. The fraction of sp³-hybridized carbons (Fsp3) is 0.160. The summed E-state index contributed by atoms with van der Waals surface area (Å²) in [5.41, 5.74) is 4.93. The van der Waals surface area contributed by atoms with Gasteiger partial charge in [0, 0.05) is 11.1 Å². The highest BCUT2D eigenvalue weighted by Gasteiger charge is 2.39. The lowest BCUT2D eigenvalue weighted by molar-refractivity contribution is -0.136. The van der Waals surface area contributed by atoms with E-state index in [1.807, 2.05) is 0 Å². The molecule has 3 aromatic rings. The zero-order chi connectivity index (χ0) is 25.3. The number of carbonyl (C=O) groups is 2. The summed E-state index contributed by atoms with van der Waals surface area (Å²) in [6, 6.07) is 10.1. The molecule has 2 N–H and O–H groups in total. The van der Waals surface area contributed by atoms with Gasteiger partial charge in [0.2, 0.25) is 0 Å². The van der Waals surface area contributed by atoms with Gasteiger partial charge in [-0.25, -0.2) is 18.4 Å². The van der Waals surface area contributed by atoms with Crippen LogP contribution in [0.3, 0.4) is 0 Å². The molecule has 2 aromatic carbocycles. The van der Waals surface area contributed by atoms with Gasteiger partial charge in [0.25, 0.3) is 5.56 Å². The largest absolute Gasteiger partial charge is 0.466 e. The first kappa shape index (κ1) is 24.1. The molecule has 0 aliphatic carbocycles. The molecule has 1 aromatic heterocycles. The van der Waals surface area contributed by atoms with Crippen LogP contribution in [-0.4, -0.2) is 30.2 Å². The van der Waals surface area contributed by atoms with Gasteiger partial charge >= 0.3 is 11.9 Å². The first-order chi connectivity index (χ1) is 16.8. The lowest BCUT2D eigenvalue weighted by Gasteiger charge is -2.27. The van der Waals surface area contributed by atoms with Crippen molar-refractivity contribution in [1.29, 1.82) is 0 Å². The van der Waals surface area contributed by atoms with E-state index in [0.717, 1.165) is 23.0 Å². The van der Waals surface area contributed by atoms with Crippen molar-refractivity contribution >= 4 is 34.9 Å². The van der Waals surface area contributed by atoms with E-state index in [4.69, 9.17) is 15.2 Å². The second-order valence-corrected chi connectivity index (χ2v) is 8.48. The van der Waals surface area contributed by atoms with Crippen molar-refractivity contribution in [3.8, 4) is 0 Å². The Balaban J connectivity index is 2.16. The minimum absolute atomic E-state index is 0.00370. The Morgan fingerprint density at radius 2 is 1.74 bits per heavy atom. The summed E-state index contributed by atoms with van der Waals surface area (Å²) in [6.45, 7) is 1.59. The van der Waals surface area contributed by atoms with Gasteiger partial charge < -0.3 is 15.2 Å². The first-order valence-corrected chi connectivity index (χ1v) is 11.3. The number of aromatic nitrogens is 1. The molecule has 0 unspecified atom stereocenters. The van der Waals surface area contributed by atoms with Crippen LogP contribution < -0.4 is 20.5 Å². The summed E-state index contributed by atoms with van der Waals surface area (Å²) in [7, 11) is 1.11. The van der Waals surface area contributed by atoms with E-state index in [-0.39, 0.29) is 43.8 Å². The predicted octanol–water partition coefficient (Wildman–Crippen LogP) is 1.72. The Labute approximate surface area is 202 Å². The number of nitrogens with two attached hydrogens (primary N) is 1. The number of rotatable bonds is 5. The number of halogens is 2. The van der Waals surface area contributed by atoms with E-state index in [0.29, 0.717) is 0 Å². The van der Waals surface area contributed by atoms with Crippen molar-refractivity contribution in [1.82, 2.24) is 4.57 Å². The maximum atomic E-state index is 15.0. The van der Waals surface area contributed by atoms with Crippen LogP contribution in [0.4, 0.5) is 8.78 Å². The van der Waals surface area contributed by atoms with E-state index >= 15 is 0 Å². The van der Waals surface area contributed by atoms with Crippen molar-refractivity contribution in [2.45, 2.75) is 13.0 Å². The molecule has 10 heteroatoms. The minimum atomic E-state index is -1.33. The van der Waals surface area contributed by atoms with E-state index in [9.17, 15) is 23.2 Å². The summed E-state index contributed by atoms with van der Waals surface area (Å²) >= 11 is 0.859. The molecule has 0 spiro atoms. The molecule has 4 rings (SSSR count). The van der Waals surface area contributed by atoms with Crippen molar-refractivity contribution in [2.75, 3.05) is 13.7 Å². The summed E-state index contributed by atoms with van der Waals surface area (Å²) in [5.74, 6) is -3.07. The van der Waals surface area contributed by atoms with Crippen molar-refractivity contribution in [2.24, 2.45) is 5.73 Å². The number of hydrogen-bond donors (Lipinski definition) is 1. The number of fused-ring (bicyclic) bond motifs is 1. The molecule has 0 radical (unpaired) electrons. The molecule has 35 heavy (non-hydrogen) atoms. The number of benzene rings is 2. The summed E-state index contributed by atoms with van der Waals surface area (Å²) < 4.78 is 40.5. The number of carbonyl (C=O) groups excluding carboxylic acids is 2. The Bertz CT molecular complexity index is 1550. The van der Waals surface area contributed by atoms with E-state index in [2.05, 4.69) is 0 Å². The molecule has 0 amide bonds. The van der Waals surface area contributed by atoms with Crippen LogP contribution in [0.5, 0.6) is 0 Å². The number of esters is 2. The summed E-state index contributed by atoms with van der Waals surface area (Å²) in [4.78, 5) is 39.4. The quantitative estimate of drug-likeness (QED) is 0.538. The molecule has 180 valence electrons. The van der Waals surface area contributed by atoms with Crippen molar-refractivity contribution in [3.05, 3.63) is 102 Å². The highest BCUT2D eigenvalue weighted by molar-refractivity contribution is 7.07. The van der Waals surface area contributed by atoms with Crippen molar-refractivity contribution < 1.29 is 27.8 Å². The van der Waals surface area contributed by atoms with Crippen LogP contribution in [0.15, 0.2) is 64.6 Å². The number of thiazole rings is 1. The van der Waals surface area contributed by atoms with Gasteiger partial charge in [0.15, 0.2) is 0 Å². The fourth-order valence-electron chi connectivity index (χ4n) is 3.89. The molecule has 1 aliphatic rings. The molecule has 1 aliphatic heterocycles. The second kappa shape index (κ2) is 9.67. The zero-order valence-corrected chi connectivity index (χ0v) is 19.5. The highest BCUT2D eigenvalue weighted by atomic mass is 32.1. The third-order valence-electron chi connectivity index (χ3n) is 5.44. The maximum Gasteiger partial charge on any atom is 0.343 e. The second-order valence-electron chi connectivity index (χ2n) is 7.45. The van der Waals surface area contributed by atoms with Gasteiger partial charge in [-0.3, -0.25) is 9.36 Å². The monoisotopic (exact) mass is 498 g/mol. The minimum Gasteiger partial charge on any atom is -0.466 e. The molecular formula is C25H20F2N2O5S. The van der Waals surface area contributed by atoms with Gasteiger partial charge in [-0.2, -0.15) is 0 Å². The third kappa shape index (κ3) is 4.17. The van der Waals surface area contributed by atoms with Gasteiger partial charge in [0.1, 0.15) is 27.9 Å². The van der Waals surface area contributed by atoms with E-state index in [1.54, 1.807) is 13.0 Å². The predicted molar refractivity (Wildman–Crippen MR) is 126 cm³/mol. The molecule has 0 fully saturated rings. The maximum absolute atomic E-state index is 15.0. The van der Waals surface area contributed by atoms with Gasteiger partial charge in [0.05, 0.1) is 29.5 Å². The average Bonchev–Trinajstić information content (AvgIpc) is 3.15. The Hall–Kier alpha value is -4.05. The zero-order valence-electron chi connectivity index (χ0n) is 18.7. The Morgan fingerprint density at radius 1 is 1.09 bits per heavy atom. The van der Waals surface area contributed by atoms with Crippen molar-refractivity contribution in [3.63, 3.8) is 0 Å². The number of ether oxygens (including phenoxy) is 2. The van der Waals surface area contributed by atoms with Gasteiger partial charge in [-0.05, 0) is 25.1 Å². The molecule has 0 saturated heterocycles. The smallest absolute Gasteiger partial charge is 0.343 e. The molecule has 1 atom stereocenters. The van der Waals surface area contributed by atoms with Crippen LogP contribution in [-0.2, 0) is 19.1 Å². The Morgan fingerprint density at radius 3 is 2.37 bits per heavy atom. The van der Waals surface area contributed by atoms with Crippen LogP contribution in [0.25, 0.3) is 11.6 Å². The lowest BCUT2D eigenvalue weighted by atomic mass is 9.91. The standard InChI is InChI=1S/C25H20F2N2O5S/c1-3-34-25(32)19-20(28)18(24(31)33-2)21(14-9-5-7-11-16(14)27)29-22(30)17(35-23(19)29)12-13-8-4-6-10-15(13)26/h4-12,21H,3,28H2,1-2H3/b17-12+/t21-/m1/s1. The van der Waals surface area contributed by atoms with Crippen LogP contribution >= 0.6 is 11.3 Å². The molecular weight excluding hydrogens is 478 g/mol. The Kier molecular flexibility index (Phi) is 6.65. The van der Waals surface area contributed by atoms with Gasteiger partial charge in [-0.1, -0.05) is 36.4 Å². The molecule has 7 nitrogen and oxygen atoms in total. The number of methoxy groups -OCH3 is 1. The summed E-state index contributed by atoms with van der Waals surface area (Å²) in [5, 5.41) is 0. The first-order valence-electron chi connectivity index (χ1n) is 10.5. The molecule has 0 bridgehead atoms. The molecule has 0 saturated carbocycles. The fourth-order valence-corrected chi connectivity index (χ4v) is 5.05. The normalized spacial score (nSPS) is 15.7. The highest BCUT2D eigenvalue weighted by Crippen LogP contribution is 2.33. The number of hydrogen-bond acceptors (Lipinski definition) is 7. The topological polar surface area (TPSA) is 101 Å². The SMILES string of the molecule is CCOC(=O)C1=c2s/c(=C/c3ccccc3F)c(=O)n2[C@H](c2ccccc2F)C(C(=O)OC)=C1N. The summed E-state index contributed by atoms with van der Waals surface area (Å²) in [6.07, 6.45) is 1.32. The molecule has 2 heterocycles. The number of nitrogens with zero attached hydrogens (tertiary/aromatic N) is 1. The van der Waals surface area contributed by atoms with E-state index in [1.165, 1.54) is 48.5 Å².